The van der Waals surface area contributed by atoms with Gasteiger partial charge in [0, 0.05) is 16.3 Å². The number of aryl methyl sites for hydroxylation is 1. The molecular weight excluding hydrogens is 464 g/mol. The maximum Gasteiger partial charge on any atom is 0.326 e. The Morgan fingerprint density at radius 3 is 2.31 bits per heavy atom. The molecule has 2 heterocycles. The standard InChI is InChI=1S/C27H23ClN4O3/c1-16-4-6-19(7-5-16)25-30-26(35-31-25)23-17(2)32(21-12-14-22(34-3)15-13-21)27(33)29-24(23)18-8-10-20(28)11-9-18/h4-15,24H,1-3H3,(H,29,33). The molecular formula is C27H23ClN4O3. The first-order valence-corrected chi connectivity index (χ1v) is 11.4. The highest BCUT2D eigenvalue weighted by atomic mass is 35.5. The molecule has 0 aliphatic carbocycles. The van der Waals surface area contributed by atoms with Crippen LogP contribution in [0.25, 0.3) is 17.0 Å². The lowest BCUT2D eigenvalue weighted by molar-refractivity contribution is 0.244. The number of carbonyl (C=O) groups is 1. The molecule has 0 radical (unpaired) electrons. The first-order chi connectivity index (χ1) is 16.9. The largest absolute Gasteiger partial charge is 0.497 e. The molecule has 0 fully saturated rings. The molecule has 0 spiro atoms. The van der Waals surface area contributed by atoms with Gasteiger partial charge in [-0.3, -0.25) is 4.90 Å². The number of carbonyl (C=O) groups excluding carboxylic acids is 1. The summed E-state index contributed by atoms with van der Waals surface area (Å²) in [7, 11) is 1.60. The van der Waals surface area contributed by atoms with Gasteiger partial charge in [0.2, 0.25) is 5.82 Å². The van der Waals surface area contributed by atoms with Crippen LogP contribution in [0.5, 0.6) is 5.75 Å². The number of nitrogens with one attached hydrogen (secondary N) is 1. The minimum Gasteiger partial charge on any atom is -0.497 e. The fourth-order valence-electron chi connectivity index (χ4n) is 4.12. The van der Waals surface area contributed by atoms with Crippen LogP contribution in [0.4, 0.5) is 10.5 Å². The minimum absolute atomic E-state index is 0.269. The van der Waals surface area contributed by atoms with E-state index in [4.69, 9.17) is 25.8 Å². The smallest absolute Gasteiger partial charge is 0.326 e. The van der Waals surface area contributed by atoms with Crippen molar-refractivity contribution in [3.05, 3.63) is 101 Å². The predicted molar refractivity (Wildman–Crippen MR) is 135 cm³/mol. The summed E-state index contributed by atoms with van der Waals surface area (Å²) in [5.41, 5.74) is 4.90. The molecule has 0 saturated carbocycles. The molecule has 4 aromatic rings. The van der Waals surface area contributed by atoms with Crippen molar-refractivity contribution in [2.75, 3.05) is 12.0 Å². The summed E-state index contributed by atoms with van der Waals surface area (Å²) < 4.78 is 11.0. The van der Waals surface area contributed by atoms with Crippen LogP contribution in [-0.2, 0) is 0 Å². The number of hydrogen-bond donors (Lipinski definition) is 1. The van der Waals surface area contributed by atoms with Gasteiger partial charge >= 0.3 is 6.03 Å². The van der Waals surface area contributed by atoms with Gasteiger partial charge in [-0.05, 0) is 55.8 Å². The number of aromatic nitrogens is 2. The van der Waals surface area contributed by atoms with Crippen LogP contribution in [0.3, 0.4) is 0 Å². The molecule has 5 rings (SSSR count). The predicted octanol–water partition coefficient (Wildman–Crippen LogP) is 6.41. The topological polar surface area (TPSA) is 80.5 Å². The zero-order chi connectivity index (χ0) is 24.5. The Morgan fingerprint density at radius 1 is 0.971 bits per heavy atom. The van der Waals surface area contributed by atoms with Gasteiger partial charge in [0.25, 0.3) is 5.89 Å². The molecule has 1 aromatic heterocycles. The second-order valence-electron chi connectivity index (χ2n) is 8.26. The number of benzene rings is 3. The van der Waals surface area contributed by atoms with Gasteiger partial charge in [0.15, 0.2) is 0 Å². The number of amides is 2. The van der Waals surface area contributed by atoms with Crippen LogP contribution in [0, 0.1) is 6.92 Å². The summed E-state index contributed by atoms with van der Waals surface area (Å²) in [6, 6.07) is 21.7. The summed E-state index contributed by atoms with van der Waals surface area (Å²) in [5.74, 6) is 1.51. The van der Waals surface area contributed by atoms with Crippen LogP contribution < -0.4 is 15.0 Å². The lowest BCUT2D eigenvalue weighted by atomic mass is 9.94. The normalized spacial score (nSPS) is 15.8. The second-order valence-corrected chi connectivity index (χ2v) is 8.69. The zero-order valence-electron chi connectivity index (χ0n) is 19.4. The number of hydrogen-bond acceptors (Lipinski definition) is 5. The van der Waals surface area contributed by atoms with Gasteiger partial charge in [-0.2, -0.15) is 4.98 Å². The molecule has 1 aliphatic heterocycles. The van der Waals surface area contributed by atoms with Crippen LogP contribution >= 0.6 is 11.6 Å². The summed E-state index contributed by atoms with van der Waals surface area (Å²) in [4.78, 5) is 19.6. The van der Waals surface area contributed by atoms with E-state index in [0.717, 1.165) is 16.7 Å². The van der Waals surface area contributed by atoms with E-state index in [1.54, 1.807) is 24.1 Å². The van der Waals surface area contributed by atoms with E-state index >= 15 is 0 Å². The van der Waals surface area contributed by atoms with E-state index in [2.05, 4.69) is 10.5 Å². The third-order valence-corrected chi connectivity index (χ3v) is 6.24. The number of methoxy groups -OCH3 is 1. The number of halogens is 1. The van der Waals surface area contributed by atoms with Crippen molar-refractivity contribution >= 4 is 28.9 Å². The first kappa shape index (κ1) is 22.7. The Morgan fingerprint density at radius 2 is 1.66 bits per heavy atom. The summed E-state index contributed by atoms with van der Waals surface area (Å²) >= 11 is 6.11. The van der Waals surface area contributed by atoms with Crippen molar-refractivity contribution in [3.8, 4) is 17.1 Å². The van der Waals surface area contributed by atoms with E-state index < -0.39 is 6.04 Å². The van der Waals surface area contributed by atoms with Crippen molar-refractivity contribution in [2.45, 2.75) is 19.9 Å². The summed E-state index contributed by atoms with van der Waals surface area (Å²) in [6.45, 7) is 3.89. The van der Waals surface area contributed by atoms with E-state index in [1.165, 1.54) is 0 Å². The van der Waals surface area contributed by atoms with Gasteiger partial charge in [0.1, 0.15) is 5.75 Å². The van der Waals surface area contributed by atoms with E-state index in [-0.39, 0.29) is 6.03 Å². The lowest BCUT2D eigenvalue weighted by Gasteiger charge is -2.35. The zero-order valence-corrected chi connectivity index (χ0v) is 20.2. The molecule has 1 N–H and O–H groups in total. The van der Waals surface area contributed by atoms with Crippen LogP contribution in [0.2, 0.25) is 5.02 Å². The Hall–Kier alpha value is -4.10. The van der Waals surface area contributed by atoms with Crippen LogP contribution in [0.1, 0.15) is 30.0 Å². The van der Waals surface area contributed by atoms with Crippen LogP contribution in [0.15, 0.2) is 83.0 Å². The maximum atomic E-state index is 13.3. The number of rotatable bonds is 5. The fraction of sp³-hybridized carbons (Fsp3) is 0.148. The molecule has 7 nitrogen and oxygen atoms in total. The van der Waals surface area contributed by atoms with Gasteiger partial charge in [0.05, 0.1) is 24.4 Å². The number of anilines is 1. The summed E-state index contributed by atoms with van der Waals surface area (Å²) in [6.07, 6.45) is 0. The van der Waals surface area contributed by atoms with Crippen molar-refractivity contribution in [1.29, 1.82) is 0 Å². The highest BCUT2D eigenvalue weighted by Crippen LogP contribution is 2.39. The van der Waals surface area contributed by atoms with Crippen LogP contribution in [-0.4, -0.2) is 23.3 Å². The Labute approximate surface area is 208 Å². The Kier molecular flexibility index (Phi) is 6.01. The quantitative estimate of drug-likeness (QED) is 0.352. The molecule has 2 amide bonds. The van der Waals surface area contributed by atoms with Gasteiger partial charge in [-0.25, -0.2) is 4.79 Å². The molecule has 0 saturated heterocycles. The molecule has 3 aromatic carbocycles. The van der Waals surface area contributed by atoms with E-state index in [0.29, 0.717) is 39.4 Å². The fourth-order valence-corrected chi connectivity index (χ4v) is 4.25. The highest BCUT2D eigenvalue weighted by molar-refractivity contribution is 6.30. The maximum absolute atomic E-state index is 13.3. The van der Waals surface area contributed by atoms with E-state index in [9.17, 15) is 4.79 Å². The molecule has 0 bridgehead atoms. The molecule has 1 aliphatic rings. The number of nitrogens with zero attached hydrogens (tertiary/aromatic N) is 3. The minimum atomic E-state index is -0.499. The van der Waals surface area contributed by atoms with Gasteiger partial charge in [-0.1, -0.05) is 58.7 Å². The molecule has 35 heavy (non-hydrogen) atoms. The third kappa shape index (κ3) is 4.38. The van der Waals surface area contributed by atoms with Gasteiger partial charge in [-0.15, -0.1) is 0 Å². The average Bonchev–Trinajstić information content (AvgIpc) is 3.35. The average molecular weight is 487 g/mol. The monoisotopic (exact) mass is 486 g/mol. The number of ether oxygens (including phenoxy) is 1. The Bertz CT molecular complexity index is 1390. The molecule has 1 atom stereocenters. The highest BCUT2D eigenvalue weighted by Gasteiger charge is 2.36. The summed E-state index contributed by atoms with van der Waals surface area (Å²) in [5, 5.41) is 7.92. The molecule has 176 valence electrons. The number of urea groups is 1. The lowest BCUT2D eigenvalue weighted by Crippen LogP contribution is -2.46. The van der Waals surface area contributed by atoms with Crippen molar-refractivity contribution in [1.82, 2.24) is 15.5 Å². The SMILES string of the molecule is COc1ccc(N2C(=O)NC(c3ccc(Cl)cc3)C(c3nc(-c4ccc(C)cc4)no3)=C2C)cc1. The van der Waals surface area contributed by atoms with Gasteiger partial charge < -0.3 is 14.6 Å². The van der Waals surface area contributed by atoms with Crippen molar-refractivity contribution in [2.24, 2.45) is 0 Å². The molecule has 8 heteroatoms. The van der Waals surface area contributed by atoms with Crippen molar-refractivity contribution < 1.29 is 14.1 Å². The van der Waals surface area contributed by atoms with E-state index in [1.807, 2.05) is 74.5 Å². The molecule has 1 unspecified atom stereocenters. The number of allylic oxidation sites excluding steroid dienone is 1. The Balaban J connectivity index is 1.63. The first-order valence-electron chi connectivity index (χ1n) is 11.1. The second kappa shape index (κ2) is 9.27. The van der Waals surface area contributed by atoms with Crippen molar-refractivity contribution in [3.63, 3.8) is 0 Å². The third-order valence-electron chi connectivity index (χ3n) is 5.98.